The number of alkyl halides is 3. The Kier molecular flexibility index (Phi) is 5.83. The molecule has 0 atom stereocenters. The highest BCUT2D eigenvalue weighted by molar-refractivity contribution is 5.96. The Morgan fingerprint density at radius 1 is 1.39 bits per heavy atom. The lowest BCUT2D eigenvalue weighted by atomic mass is 10.3. The molecule has 1 fully saturated rings. The Morgan fingerprint density at radius 2 is 2.09 bits per heavy atom. The monoisotopic (exact) mass is 335 g/mol. The van der Waals surface area contributed by atoms with E-state index >= 15 is 0 Å². The summed E-state index contributed by atoms with van der Waals surface area (Å²) in [4.78, 5) is 14.1. The first-order chi connectivity index (χ1) is 10.8. The van der Waals surface area contributed by atoms with Crippen LogP contribution in [0.1, 0.15) is 16.9 Å². The number of carbonyl (C=O) groups is 1. The average Bonchev–Trinajstić information content (AvgIpc) is 2.83. The molecule has 1 aliphatic rings. The summed E-state index contributed by atoms with van der Waals surface area (Å²) in [7, 11) is 0. The van der Waals surface area contributed by atoms with Crippen LogP contribution in [0.5, 0.6) is 0 Å². The van der Waals surface area contributed by atoms with Crippen molar-refractivity contribution >= 4 is 11.6 Å². The molecule has 1 aliphatic heterocycles. The lowest BCUT2D eigenvalue weighted by molar-refractivity contribution is -0.142. The maximum atomic E-state index is 12.3. The zero-order chi connectivity index (χ0) is 16.9. The summed E-state index contributed by atoms with van der Waals surface area (Å²) in [6, 6.07) is 0. The van der Waals surface area contributed by atoms with Crippen molar-refractivity contribution in [1.29, 1.82) is 0 Å². The van der Waals surface area contributed by atoms with Crippen LogP contribution in [-0.2, 0) is 11.3 Å². The van der Waals surface area contributed by atoms with Crippen molar-refractivity contribution in [2.24, 2.45) is 0 Å². The lowest BCUT2D eigenvalue weighted by Gasteiger charge is -2.26. The zero-order valence-electron chi connectivity index (χ0n) is 12.6. The Morgan fingerprint density at radius 3 is 2.74 bits per heavy atom. The molecule has 1 aromatic rings. The van der Waals surface area contributed by atoms with Gasteiger partial charge in [-0.05, 0) is 13.0 Å². The number of rotatable bonds is 6. The smallest absolute Gasteiger partial charge is 0.396 e. The molecule has 10 heteroatoms. The number of nitrogen functional groups attached to an aromatic ring is 1. The van der Waals surface area contributed by atoms with Crippen molar-refractivity contribution in [2.75, 3.05) is 45.1 Å². The van der Waals surface area contributed by atoms with E-state index in [2.05, 4.69) is 15.3 Å². The van der Waals surface area contributed by atoms with E-state index in [1.807, 2.05) is 0 Å². The first kappa shape index (κ1) is 17.5. The summed E-state index contributed by atoms with van der Waals surface area (Å²) in [5.74, 6) is -0.564. The van der Waals surface area contributed by atoms with E-state index in [4.69, 9.17) is 10.5 Å². The maximum Gasteiger partial charge on any atom is 0.408 e. The SMILES string of the molecule is Nc1cn(CC(F)(F)F)nc1C(=O)NCCCN1CCOCC1. The van der Waals surface area contributed by atoms with E-state index in [-0.39, 0.29) is 11.4 Å². The van der Waals surface area contributed by atoms with Gasteiger partial charge in [0.15, 0.2) is 5.69 Å². The van der Waals surface area contributed by atoms with Gasteiger partial charge in [-0.1, -0.05) is 0 Å². The van der Waals surface area contributed by atoms with Gasteiger partial charge in [-0.2, -0.15) is 18.3 Å². The number of carbonyl (C=O) groups excluding carboxylic acids is 1. The molecule has 0 unspecified atom stereocenters. The van der Waals surface area contributed by atoms with Crippen molar-refractivity contribution in [2.45, 2.75) is 19.1 Å². The summed E-state index contributed by atoms with van der Waals surface area (Å²) < 4.78 is 42.7. The number of halogens is 3. The number of morpholine rings is 1. The van der Waals surface area contributed by atoms with Gasteiger partial charge in [0.05, 0.1) is 18.9 Å². The number of nitrogens with zero attached hydrogens (tertiary/aromatic N) is 3. The number of aromatic nitrogens is 2. The van der Waals surface area contributed by atoms with Crippen molar-refractivity contribution < 1.29 is 22.7 Å². The molecule has 1 amide bonds. The molecule has 0 bridgehead atoms. The summed E-state index contributed by atoms with van der Waals surface area (Å²) in [5, 5.41) is 6.22. The third kappa shape index (κ3) is 5.71. The summed E-state index contributed by atoms with van der Waals surface area (Å²) >= 11 is 0. The molecule has 1 saturated heterocycles. The van der Waals surface area contributed by atoms with Gasteiger partial charge in [-0.3, -0.25) is 14.4 Å². The minimum Gasteiger partial charge on any atom is -0.396 e. The second kappa shape index (κ2) is 7.64. The van der Waals surface area contributed by atoms with Crippen LogP contribution in [-0.4, -0.2) is 66.2 Å². The Hall–Kier alpha value is -1.81. The van der Waals surface area contributed by atoms with Crippen molar-refractivity contribution in [3.63, 3.8) is 0 Å². The molecular formula is C13H20F3N5O2. The van der Waals surface area contributed by atoms with Gasteiger partial charge < -0.3 is 15.8 Å². The predicted octanol–water partition coefficient (Wildman–Crippen LogP) is 0.480. The van der Waals surface area contributed by atoms with Crippen molar-refractivity contribution in [3.8, 4) is 0 Å². The molecular weight excluding hydrogens is 315 g/mol. The van der Waals surface area contributed by atoms with E-state index in [1.165, 1.54) is 0 Å². The average molecular weight is 335 g/mol. The summed E-state index contributed by atoms with van der Waals surface area (Å²) in [6.07, 6.45) is -2.67. The Labute approximate surface area is 131 Å². The molecule has 1 aromatic heterocycles. The number of ether oxygens (including phenoxy) is 1. The highest BCUT2D eigenvalue weighted by Crippen LogP contribution is 2.19. The predicted molar refractivity (Wildman–Crippen MR) is 76.9 cm³/mol. The van der Waals surface area contributed by atoms with Crippen LogP contribution in [0, 0.1) is 0 Å². The molecule has 3 N–H and O–H groups in total. The van der Waals surface area contributed by atoms with E-state index in [9.17, 15) is 18.0 Å². The third-order valence-corrected chi connectivity index (χ3v) is 3.39. The molecule has 0 saturated carbocycles. The number of hydrogen-bond donors (Lipinski definition) is 2. The second-order valence-corrected chi connectivity index (χ2v) is 5.31. The second-order valence-electron chi connectivity index (χ2n) is 5.31. The largest absolute Gasteiger partial charge is 0.408 e. The normalized spacial score (nSPS) is 16.5. The molecule has 23 heavy (non-hydrogen) atoms. The quantitative estimate of drug-likeness (QED) is 0.739. The third-order valence-electron chi connectivity index (χ3n) is 3.39. The van der Waals surface area contributed by atoms with Crippen LogP contribution in [0.4, 0.5) is 18.9 Å². The molecule has 0 aliphatic carbocycles. The van der Waals surface area contributed by atoms with Gasteiger partial charge in [-0.25, -0.2) is 0 Å². The first-order valence-electron chi connectivity index (χ1n) is 7.33. The van der Waals surface area contributed by atoms with E-state index < -0.39 is 18.6 Å². The topological polar surface area (TPSA) is 85.4 Å². The van der Waals surface area contributed by atoms with Crippen LogP contribution in [0.2, 0.25) is 0 Å². The number of hydrogen-bond acceptors (Lipinski definition) is 5. The molecule has 130 valence electrons. The molecule has 2 heterocycles. The molecule has 7 nitrogen and oxygen atoms in total. The highest BCUT2D eigenvalue weighted by Gasteiger charge is 2.29. The molecule has 0 spiro atoms. The minimum atomic E-state index is -4.41. The minimum absolute atomic E-state index is 0.0695. The van der Waals surface area contributed by atoms with Crippen LogP contribution in [0.3, 0.4) is 0 Å². The molecule has 0 aromatic carbocycles. The van der Waals surface area contributed by atoms with Crippen LogP contribution in [0.25, 0.3) is 0 Å². The van der Waals surface area contributed by atoms with Gasteiger partial charge in [0, 0.05) is 25.8 Å². The van der Waals surface area contributed by atoms with Gasteiger partial charge in [-0.15, -0.1) is 0 Å². The van der Waals surface area contributed by atoms with E-state index in [1.54, 1.807) is 0 Å². The van der Waals surface area contributed by atoms with Crippen LogP contribution >= 0.6 is 0 Å². The highest BCUT2D eigenvalue weighted by atomic mass is 19.4. The van der Waals surface area contributed by atoms with Crippen LogP contribution < -0.4 is 11.1 Å². The number of nitrogens with one attached hydrogen (secondary N) is 1. The first-order valence-corrected chi connectivity index (χ1v) is 7.33. The van der Waals surface area contributed by atoms with Gasteiger partial charge >= 0.3 is 6.18 Å². The van der Waals surface area contributed by atoms with Gasteiger partial charge in [0.1, 0.15) is 6.54 Å². The fourth-order valence-corrected chi connectivity index (χ4v) is 2.29. The van der Waals surface area contributed by atoms with Crippen molar-refractivity contribution in [1.82, 2.24) is 20.0 Å². The number of amides is 1. The Bertz CT molecular complexity index is 526. The maximum absolute atomic E-state index is 12.3. The molecule has 2 rings (SSSR count). The van der Waals surface area contributed by atoms with Crippen LogP contribution in [0.15, 0.2) is 6.20 Å². The summed E-state index contributed by atoms with van der Waals surface area (Å²) in [6.45, 7) is 3.09. The molecule has 0 radical (unpaired) electrons. The zero-order valence-corrected chi connectivity index (χ0v) is 12.6. The summed E-state index contributed by atoms with van der Waals surface area (Å²) in [5.41, 5.74) is 5.30. The number of nitrogens with two attached hydrogens (primary N) is 1. The fraction of sp³-hybridized carbons (Fsp3) is 0.692. The lowest BCUT2D eigenvalue weighted by Crippen LogP contribution is -2.38. The van der Waals surface area contributed by atoms with Gasteiger partial charge in [0.2, 0.25) is 0 Å². The fourth-order valence-electron chi connectivity index (χ4n) is 2.29. The standard InChI is InChI=1S/C13H20F3N5O2/c14-13(15,16)9-21-8-10(17)11(19-21)12(22)18-2-1-3-20-4-6-23-7-5-20/h8H,1-7,9,17H2,(H,18,22). The van der Waals surface area contributed by atoms with E-state index in [0.717, 1.165) is 32.3 Å². The van der Waals surface area contributed by atoms with E-state index in [0.29, 0.717) is 24.4 Å². The van der Waals surface area contributed by atoms with Crippen molar-refractivity contribution in [3.05, 3.63) is 11.9 Å². The van der Waals surface area contributed by atoms with Gasteiger partial charge in [0.25, 0.3) is 5.91 Å². The Balaban J connectivity index is 1.76. The number of anilines is 1.